The maximum absolute atomic E-state index is 9.36. The normalized spacial score (nSPS) is 18.1. The van der Waals surface area contributed by atoms with E-state index in [1.807, 2.05) is 24.3 Å². The molecule has 0 spiro atoms. The van der Waals surface area contributed by atoms with Crippen LogP contribution in [0.3, 0.4) is 0 Å². The lowest BCUT2D eigenvalue weighted by Gasteiger charge is -2.37. The quantitative estimate of drug-likeness (QED) is 0.771. The Hall–Kier alpha value is -1.57. The maximum Gasteiger partial charge on any atom is 0.181 e. The molecule has 4 nitrogen and oxygen atoms in total. The first-order valence-corrected chi connectivity index (χ1v) is 8.64. The second-order valence-corrected chi connectivity index (χ2v) is 6.67. The van der Waals surface area contributed by atoms with Crippen LogP contribution >= 0.6 is 0 Å². The van der Waals surface area contributed by atoms with Crippen LogP contribution in [0.5, 0.6) is 5.75 Å². The third kappa shape index (κ3) is 5.53. The highest BCUT2D eigenvalue weighted by atomic mass is 16.5. The number of rotatable bonds is 8. The van der Waals surface area contributed by atoms with Crippen molar-refractivity contribution in [3.8, 4) is 11.8 Å². The van der Waals surface area contributed by atoms with E-state index >= 15 is 0 Å². The smallest absolute Gasteiger partial charge is 0.181 e. The van der Waals surface area contributed by atoms with Gasteiger partial charge in [0.15, 0.2) is 6.10 Å². The number of hydrogen-bond acceptors (Lipinski definition) is 4. The summed E-state index contributed by atoms with van der Waals surface area (Å²) >= 11 is 0. The molecule has 1 saturated carbocycles. The van der Waals surface area contributed by atoms with E-state index in [1.54, 1.807) is 6.92 Å². The van der Waals surface area contributed by atoms with Gasteiger partial charge in [0.25, 0.3) is 0 Å². The molecule has 1 aliphatic carbocycles. The molecule has 1 atom stereocenters. The fraction of sp³-hybridized carbons (Fsp3) is 0.632. The molecule has 0 heterocycles. The third-order valence-electron chi connectivity index (χ3n) is 4.80. The van der Waals surface area contributed by atoms with Crippen LogP contribution in [-0.2, 0) is 6.54 Å². The summed E-state index contributed by atoms with van der Waals surface area (Å²) in [6.07, 6.45) is 6.81. The van der Waals surface area contributed by atoms with E-state index in [0.717, 1.165) is 25.3 Å². The Morgan fingerprint density at radius 1 is 1.26 bits per heavy atom. The monoisotopic (exact) mass is 316 g/mol. The lowest BCUT2D eigenvalue weighted by Crippen LogP contribution is -2.36. The minimum Gasteiger partial charge on any atom is -0.476 e. The van der Waals surface area contributed by atoms with Crippen LogP contribution in [0.4, 0.5) is 0 Å². The van der Waals surface area contributed by atoms with Crippen LogP contribution in [0.15, 0.2) is 24.3 Å². The summed E-state index contributed by atoms with van der Waals surface area (Å²) in [6, 6.07) is 9.95. The average Bonchev–Trinajstić information content (AvgIpc) is 2.57. The predicted molar refractivity (Wildman–Crippen MR) is 91.1 cm³/mol. The number of nitrogens with zero attached hydrogens (tertiary/aromatic N) is 1. The van der Waals surface area contributed by atoms with Gasteiger partial charge in [0, 0.05) is 19.7 Å². The van der Waals surface area contributed by atoms with Crippen molar-refractivity contribution in [3.63, 3.8) is 0 Å². The number of benzene rings is 1. The topological polar surface area (TPSA) is 65.3 Å². The minimum absolute atomic E-state index is 0.276. The van der Waals surface area contributed by atoms with E-state index in [4.69, 9.17) is 10.00 Å². The lowest BCUT2D eigenvalue weighted by molar-refractivity contribution is 0.126. The van der Waals surface area contributed by atoms with Gasteiger partial charge in [-0.3, -0.25) is 0 Å². The van der Waals surface area contributed by atoms with Crippen LogP contribution in [0, 0.1) is 16.7 Å². The van der Waals surface area contributed by atoms with Crippen molar-refractivity contribution < 1.29 is 9.84 Å². The standard InChI is InChI=1S/C19H28N2O2/c1-16(13-20)23-18-7-5-17(6-8-18)14-21-15-19(11-12-22)9-3-2-4-10-19/h5-8,16,21-22H,2-4,9-12,14-15H2,1H3. The minimum atomic E-state index is -0.427. The third-order valence-corrected chi connectivity index (χ3v) is 4.80. The molecular weight excluding hydrogens is 288 g/mol. The van der Waals surface area contributed by atoms with Crippen molar-refractivity contribution in [1.82, 2.24) is 5.32 Å². The van der Waals surface area contributed by atoms with E-state index in [0.29, 0.717) is 0 Å². The van der Waals surface area contributed by atoms with Gasteiger partial charge in [0.2, 0.25) is 0 Å². The van der Waals surface area contributed by atoms with Gasteiger partial charge in [-0.05, 0) is 49.3 Å². The van der Waals surface area contributed by atoms with E-state index < -0.39 is 6.10 Å². The molecule has 0 bridgehead atoms. The predicted octanol–water partition coefficient (Wildman–Crippen LogP) is 3.40. The van der Waals surface area contributed by atoms with Gasteiger partial charge in [-0.2, -0.15) is 5.26 Å². The number of nitriles is 1. The zero-order valence-electron chi connectivity index (χ0n) is 14.1. The molecule has 0 amide bonds. The highest BCUT2D eigenvalue weighted by molar-refractivity contribution is 5.27. The van der Waals surface area contributed by atoms with Crippen LogP contribution < -0.4 is 10.1 Å². The second kappa shape index (κ2) is 8.90. The summed E-state index contributed by atoms with van der Waals surface area (Å²) in [5.74, 6) is 0.729. The first-order valence-electron chi connectivity index (χ1n) is 8.64. The molecule has 126 valence electrons. The Labute approximate surface area is 139 Å². The number of aliphatic hydroxyl groups is 1. The van der Waals surface area contributed by atoms with Gasteiger partial charge in [0.1, 0.15) is 11.8 Å². The van der Waals surface area contributed by atoms with E-state index in [9.17, 15) is 5.11 Å². The maximum atomic E-state index is 9.36. The molecule has 1 aromatic carbocycles. The summed E-state index contributed by atoms with van der Waals surface area (Å²) in [6.45, 7) is 3.81. The summed E-state index contributed by atoms with van der Waals surface area (Å²) in [4.78, 5) is 0. The number of nitrogens with one attached hydrogen (secondary N) is 1. The van der Waals surface area contributed by atoms with E-state index in [1.165, 1.54) is 37.7 Å². The van der Waals surface area contributed by atoms with Crippen molar-refractivity contribution in [2.45, 2.75) is 58.1 Å². The first kappa shape index (κ1) is 17.8. The van der Waals surface area contributed by atoms with Gasteiger partial charge in [-0.15, -0.1) is 0 Å². The van der Waals surface area contributed by atoms with Crippen molar-refractivity contribution in [2.75, 3.05) is 13.2 Å². The van der Waals surface area contributed by atoms with Crippen LogP contribution in [0.1, 0.15) is 51.0 Å². The number of ether oxygens (including phenoxy) is 1. The zero-order chi connectivity index (χ0) is 16.5. The number of hydrogen-bond donors (Lipinski definition) is 2. The van der Waals surface area contributed by atoms with Gasteiger partial charge in [-0.25, -0.2) is 0 Å². The molecule has 2 N–H and O–H groups in total. The second-order valence-electron chi connectivity index (χ2n) is 6.67. The molecule has 0 radical (unpaired) electrons. The highest BCUT2D eigenvalue weighted by Gasteiger charge is 2.30. The van der Waals surface area contributed by atoms with Crippen LogP contribution in [0.2, 0.25) is 0 Å². The largest absolute Gasteiger partial charge is 0.476 e. The first-order chi connectivity index (χ1) is 11.2. The Morgan fingerprint density at radius 2 is 1.96 bits per heavy atom. The molecule has 1 fully saturated rings. The molecule has 23 heavy (non-hydrogen) atoms. The number of aliphatic hydroxyl groups excluding tert-OH is 1. The van der Waals surface area contributed by atoms with Crippen LogP contribution in [-0.4, -0.2) is 24.4 Å². The van der Waals surface area contributed by atoms with Gasteiger partial charge >= 0.3 is 0 Å². The summed E-state index contributed by atoms with van der Waals surface area (Å²) in [5, 5.41) is 21.7. The van der Waals surface area contributed by atoms with Gasteiger partial charge in [0.05, 0.1) is 0 Å². The van der Waals surface area contributed by atoms with Crippen LogP contribution in [0.25, 0.3) is 0 Å². The molecule has 1 unspecified atom stereocenters. The fourth-order valence-electron chi connectivity index (χ4n) is 3.44. The summed E-state index contributed by atoms with van der Waals surface area (Å²) < 4.78 is 5.46. The molecule has 4 heteroatoms. The molecule has 2 rings (SSSR count). The molecule has 0 saturated heterocycles. The van der Waals surface area contributed by atoms with Crippen molar-refractivity contribution >= 4 is 0 Å². The zero-order valence-corrected chi connectivity index (χ0v) is 14.1. The van der Waals surface area contributed by atoms with E-state index in [-0.39, 0.29) is 12.0 Å². The summed E-state index contributed by atoms with van der Waals surface area (Å²) in [5.41, 5.74) is 1.48. The molecular formula is C19H28N2O2. The van der Waals surface area contributed by atoms with Gasteiger partial charge < -0.3 is 15.2 Å². The molecule has 0 aliphatic heterocycles. The van der Waals surface area contributed by atoms with E-state index in [2.05, 4.69) is 11.4 Å². The fourth-order valence-corrected chi connectivity index (χ4v) is 3.44. The Kier molecular flexibility index (Phi) is 6.88. The highest BCUT2D eigenvalue weighted by Crippen LogP contribution is 2.38. The average molecular weight is 316 g/mol. The van der Waals surface area contributed by atoms with Crippen molar-refractivity contribution in [3.05, 3.63) is 29.8 Å². The Bertz CT molecular complexity index is 496. The van der Waals surface area contributed by atoms with Crippen molar-refractivity contribution in [1.29, 1.82) is 5.26 Å². The SMILES string of the molecule is CC(C#N)Oc1ccc(CNCC2(CCO)CCCCC2)cc1. The Balaban J connectivity index is 1.82. The molecule has 1 aliphatic rings. The van der Waals surface area contributed by atoms with Crippen molar-refractivity contribution in [2.24, 2.45) is 5.41 Å². The Morgan fingerprint density at radius 3 is 2.57 bits per heavy atom. The molecule has 0 aromatic heterocycles. The molecule has 1 aromatic rings. The van der Waals surface area contributed by atoms with Gasteiger partial charge in [-0.1, -0.05) is 31.4 Å². The lowest BCUT2D eigenvalue weighted by atomic mass is 9.72. The summed E-state index contributed by atoms with van der Waals surface area (Å²) in [7, 11) is 0.